The number of nitrogens with zero attached hydrogens (tertiary/aromatic N) is 2. The number of benzene rings is 1. The number of aromatic nitrogens is 1. The van der Waals surface area contributed by atoms with Gasteiger partial charge in [0.05, 0.1) is 12.2 Å². The second-order valence-corrected chi connectivity index (χ2v) is 5.96. The Morgan fingerprint density at radius 3 is 2.95 bits per heavy atom. The van der Waals surface area contributed by atoms with Gasteiger partial charge in [-0.1, -0.05) is 0 Å². The van der Waals surface area contributed by atoms with Crippen LogP contribution < -0.4 is 4.74 Å². The Morgan fingerprint density at radius 1 is 1.53 bits per heavy atom. The van der Waals surface area contributed by atoms with Crippen LogP contribution in [0.15, 0.2) is 31.6 Å². The Kier molecular flexibility index (Phi) is 4.95. The lowest BCUT2D eigenvalue weighted by Crippen LogP contribution is -1.95. The molecule has 0 saturated carbocycles. The van der Waals surface area contributed by atoms with Crippen LogP contribution in [0.3, 0.4) is 0 Å². The molecule has 100 valence electrons. The van der Waals surface area contributed by atoms with Gasteiger partial charge in [0.15, 0.2) is 11.5 Å². The summed E-state index contributed by atoms with van der Waals surface area (Å²) in [7, 11) is 0. The second-order valence-electron chi connectivity index (χ2n) is 3.44. The number of halogens is 2. The van der Waals surface area contributed by atoms with Crippen molar-refractivity contribution in [2.75, 3.05) is 6.61 Å². The van der Waals surface area contributed by atoms with Crippen molar-refractivity contribution >= 4 is 54.5 Å². The number of phenols is 1. The molecule has 7 heteroatoms. The third-order valence-corrected chi connectivity index (χ3v) is 4.91. The predicted octanol–water partition coefficient (Wildman–Crippen LogP) is 4.52. The first-order chi connectivity index (χ1) is 9.13. The van der Waals surface area contributed by atoms with E-state index < -0.39 is 0 Å². The van der Waals surface area contributed by atoms with Crippen molar-refractivity contribution in [3.8, 4) is 11.5 Å². The van der Waals surface area contributed by atoms with Gasteiger partial charge >= 0.3 is 0 Å². The van der Waals surface area contributed by atoms with Gasteiger partial charge in [0.25, 0.3) is 0 Å². The lowest BCUT2D eigenvalue weighted by atomic mass is 10.2. The van der Waals surface area contributed by atoms with Crippen LogP contribution in [0.2, 0.25) is 0 Å². The molecular formula is C12H10Br2N2O2S. The number of thiazole rings is 1. The molecule has 0 saturated heterocycles. The molecule has 1 aromatic carbocycles. The van der Waals surface area contributed by atoms with Gasteiger partial charge in [0.2, 0.25) is 5.13 Å². The smallest absolute Gasteiger partial charge is 0.209 e. The predicted molar refractivity (Wildman–Crippen MR) is 84.0 cm³/mol. The van der Waals surface area contributed by atoms with Gasteiger partial charge in [0.1, 0.15) is 0 Å². The highest BCUT2D eigenvalue weighted by atomic mass is 79.9. The summed E-state index contributed by atoms with van der Waals surface area (Å²) in [4.78, 5) is 8.27. The summed E-state index contributed by atoms with van der Waals surface area (Å²) in [6.07, 6.45) is 3.24. The summed E-state index contributed by atoms with van der Waals surface area (Å²) < 4.78 is 6.88. The normalized spacial score (nSPS) is 11.1. The number of phenolic OH excluding ortho intramolecular Hbond substituents is 1. The van der Waals surface area contributed by atoms with Crippen molar-refractivity contribution in [3.05, 3.63) is 32.2 Å². The molecule has 0 spiro atoms. The molecule has 4 nitrogen and oxygen atoms in total. The van der Waals surface area contributed by atoms with E-state index >= 15 is 0 Å². The van der Waals surface area contributed by atoms with E-state index in [0.29, 0.717) is 27.5 Å². The first-order valence-corrected chi connectivity index (χ1v) is 7.87. The van der Waals surface area contributed by atoms with Crippen LogP contribution in [0.25, 0.3) is 0 Å². The third kappa shape index (κ3) is 3.34. The fourth-order valence-electron chi connectivity index (χ4n) is 1.39. The Labute approximate surface area is 131 Å². The number of hydrogen-bond acceptors (Lipinski definition) is 5. The largest absolute Gasteiger partial charge is 0.504 e. The summed E-state index contributed by atoms with van der Waals surface area (Å²) in [5, 5.41) is 12.6. The van der Waals surface area contributed by atoms with Crippen LogP contribution >= 0.6 is 43.2 Å². The Balaban J connectivity index is 2.43. The van der Waals surface area contributed by atoms with Gasteiger partial charge in [-0.3, -0.25) is 0 Å². The van der Waals surface area contributed by atoms with Crippen LogP contribution in [0.5, 0.6) is 11.5 Å². The quantitative estimate of drug-likeness (QED) is 0.760. The molecule has 0 aliphatic heterocycles. The molecule has 0 aliphatic carbocycles. The number of aromatic hydroxyl groups is 1. The molecule has 2 aromatic rings. The van der Waals surface area contributed by atoms with Crippen LogP contribution in [0.1, 0.15) is 12.5 Å². The summed E-state index contributed by atoms with van der Waals surface area (Å²) in [6, 6.07) is 1.71. The van der Waals surface area contributed by atoms with E-state index in [1.807, 2.05) is 12.3 Å². The van der Waals surface area contributed by atoms with E-state index in [9.17, 15) is 5.11 Å². The Bertz CT molecular complexity index is 600. The summed E-state index contributed by atoms with van der Waals surface area (Å²) in [5.74, 6) is 0.468. The zero-order valence-electron chi connectivity index (χ0n) is 9.93. The monoisotopic (exact) mass is 404 g/mol. The minimum Gasteiger partial charge on any atom is -0.504 e. The molecule has 0 amide bonds. The highest BCUT2D eigenvalue weighted by Gasteiger charge is 2.14. The SMILES string of the molecule is CCOc1cc(Br)c(Br)c(C=Nc2nccs2)c1O. The maximum atomic E-state index is 10.2. The fourth-order valence-corrected chi connectivity index (χ4v) is 2.70. The standard InChI is InChI=1S/C12H10Br2N2O2S/c1-2-18-9-5-8(13)10(14)7(11(9)17)6-16-12-15-3-4-19-12/h3-6,17H,2H2,1H3. The van der Waals surface area contributed by atoms with Crippen molar-refractivity contribution < 1.29 is 9.84 Å². The second kappa shape index (κ2) is 6.49. The summed E-state index contributed by atoms with van der Waals surface area (Å²) in [6.45, 7) is 2.34. The number of aliphatic imine (C=N–C) groups is 1. The number of hydrogen-bond donors (Lipinski definition) is 1. The summed E-state index contributed by atoms with van der Waals surface area (Å²) in [5.41, 5.74) is 0.549. The topological polar surface area (TPSA) is 54.7 Å². The van der Waals surface area contributed by atoms with Crippen molar-refractivity contribution in [2.24, 2.45) is 4.99 Å². The van der Waals surface area contributed by atoms with Gasteiger partial charge in [-0.05, 0) is 44.8 Å². The molecule has 0 radical (unpaired) electrons. The van der Waals surface area contributed by atoms with Crippen LogP contribution in [-0.2, 0) is 0 Å². The molecule has 1 aromatic heterocycles. The van der Waals surface area contributed by atoms with Crippen LogP contribution in [-0.4, -0.2) is 22.9 Å². The van der Waals surface area contributed by atoms with Crippen molar-refractivity contribution in [2.45, 2.75) is 6.92 Å². The zero-order chi connectivity index (χ0) is 13.8. The van der Waals surface area contributed by atoms with E-state index in [1.165, 1.54) is 11.3 Å². The maximum Gasteiger partial charge on any atom is 0.209 e. The van der Waals surface area contributed by atoms with Gasteiger partial charge < -0.3 is 9.84 Å². The van der Waals surface area contributed by atoms with E-state index in [1.54, 1.807) is 18.5 Å². The number of ether oxygens (including phenoxy) is 1. The van der Waals surface area contributed by atoms with E-state index in [-0.39, 0.29) is 5.75 Å². The highest BCUT2D eigenvalue weighted by Crippen LogP contribution is 2.39. The molecule has 19 heavy (non-hydrogen) atoms. The van der Waals surface area contributed by atoms with E-state index in [4.69, 9.17) is 4.74 Å². The Hall–Kier alpha value is -0.920. The molecule has 2 rings (SSSR count). The molecular weight excluding hydrogens is 396 g/mol. The highest BCUT2D eigenvalue weighted by molar-refractivity contribution is 9.13. The van der Waals surface area contributed by atoms with Crippen molar-refractivity contribution in [3.63, 3.8) is 0 Å². The minimum atomic E-state index is 0.0530. The maximum absolute atomic E-state index is 10.2. The molecule has 0 fully saturated rings. The minimum absolute atomic E-state index is 0.0530. The van der Waals surface area contributed by atoms with Crippen LogP contribution in [0.4, 0.5) is 5.13 Å². The average Bonchev–Trinajstić information content (AvgIpc) is 2.89. The molecule has 0 atom stereocenters. The van der Waals surface area contributed by atoms with Gasteiger partial charge in [-0.15, -0.1) is 11.3 Å². The first kappa shape index (κ1) is 14.5. The average molecular weight is 406 g/mol. The van der Waals surface area contributed by atoms with Gasteiger partial charge in [0, 0.05) is 26.7 Å². The van der Waals surface area contributed by atoms with Gasteiger partial charge in [-0.2, -0.15) is 0 Å². The molecule has 0 aliphatic rings. The first-order valence-electron chi connectivity index (χ1n) is 5.40. The Morgan fingerprint density at radius 2 is 2.32 bits per heavy atom. The molecule has 0 bridgehead atoms. The molecule has 0 unspecified atom stereocenters. The van der Waals surface area contributed by atoms with E-state index in [0.717, 1.165) is 4.47 Å². The third-order valence-electron chi connectivity index (χ3n) is 2.22. The molecule has 1 N–H and O–H groups in total. The van der Waals surface area contributed by atoms with E-state index in [2.05, 4.69) is 41.8 Å². The zero-order valence-corrected chi connectivity index (χ0v) is 13.9. The van der Waals surface area contributed by atoms with Crippen LogP contribution in [0, 0.1) is 0 Å². The molecule has 1 heterocycles. The summed E-state index contributed by atoms with van der Waals surface area (Å²) >= 11 is 8.24. The van der Waals surface area contributed by atoms with Crippen molar-refractivity contribution in [1.82, 2.24) is 4.98 Å². The fraction of sp³-hybridized carbons (Fsp3) is 0.167. The number of rotatable bonds is 4. The lowest BCUT2D eigenvalue weighted by Gasteiger charge is -2.11. The van der Waals surface area contributed by atoms with Gasteiger partial charge in [-0.25, -0.2) is 9.98 Å². The van der Waals surface area contributed by atoms with Crippen molar-refractivity contribution in [1.29, 1.82) is 0 Å². The lowest BCUT2D eigenvalue weighted by molar-refractivity contribution is 0.317.